The Morgan fingerprint density at radius 1 is 1.13 bits per heavy atom. The van der Waals surface area contributed by atoms with Crippen LogP contribution >= 0.6 is 0 Å². The summed E-state index contributed by atoms with van der Waals surface area (Å²) in [5, 5.41) is 9.56. The van der Waals surface area contributed by atoms with E-state index in [0.717, 1.165) is 23.3 Å². The number of aliphatic carboxylic acids is 1. The number of carbonyl (C=O) groups is 3. The van der Waals surface area contributed by atoms with Gasteiger partial charge < -0.3 is 9.84 Å². The van der Waals surface area contributed by atoms with Crippen LogP contribution in [-0.2, 0) is 25.5 Å². The molecular formula is C17H17NO5. The number of benzene rings is 1. The van der Waals surface area contributed by atoms with Crippen LogP contribution in [0.4, 0.5) is 0 Å². The molecule has 0 saturated carbocycles. The molecule has 23 heavy (non-hydrogen) atoms. The number of carbonyl (C=O) groups excluding carboxylic acids is 2. The number of ether oxygens (including phenoxy) is 1. The second kappa shape index (κ2) is 5.16. The van der Waals surface area contributed by atoms with Crippen molar-refractivity contribution in [3.05, 3.63) is 35.9 Å². The number of carboxylic acids is 1. The second-order valence-corrected chi connectivity index (χ2v) is 6.43. The summed E-state index contributed by atoms with van der Waals surface area (Å²) in [5.74, 6) is -2.88. The summed E-state index contributed by atoms with van der Waals surface area (Å²) in [5.41, 5.74) is 0.789. The number of likely N-dealkylation sites (tertiary alicyclic amines) is 1. The fraction of sp³-hybridized carbons (Fsp3) is 0.471. The third-order valence-corrected chi connectivity index (χ3v) is 5.19. The van der Waals surface area contributed by atoms with Crippen LogP contribution in [0.15, 0.2) is 30.3 Å². The van der Waals surface area contributed by atoms with Crippen molar-refractivity contribution in [2.45, 2.75) is 37.5 Å². The van der Waals surface area contributed by atoms with E-state index in [-0.39, 0.29) is 30.4 Å². The molecule has 3 saturated heterocycles. The molecule has 3 aliphatic heterocycles. The van der Waals surface area contributed by atoms with Gasteiger partial charge in [0.15, 0.2) is 0 Å². The molecule has 2 bridgehead atoms. The van der Waals surface area contributed by atoms with Gasteiger partial charge in [0, 0.05) is 6.42 Å². The molecule has 0 aliphatic carbocycles. The molecule has 0 spiro atoms. The number of fused-ring (bicyclic) bond motifs is 5. The number of rotatable bonds is 4. The van der Waals surface area contributed by atoms with Crippen LogP contribution in [0, 0.1) is 11.8 Å². The monoisotopic (exact) mass is 315 g/mol. The predicted molar refractivity (Wildman–Crippen MR) is 78.3 cm³/mol. The number of amides is 2. The highest BCUT2D eigenvalue weighted by Crippen LogP contribution is 2.49. The molecular weight excluding hydrogens is 298 g/mol. The van der Waals surface area contributed by atoms with E-state index in [9.17, 15) is 19.5 Å². The fourth-order valence-corrected chi connectivity index (χ4v) is 4.17. The van der Waals surface area contributed by atoms with Gasteiger partial charge in [-0.1, -0.05) is 30.3 Å². The van der Waals surface area contributed by atoms with Gasteiger partial charge in [0.05, 0.1) is 24.0 Å². The van der Waals surface area contributed by atoms with Gasteiger partial charge >= 0.3 is 5.97 Å². The van der Waals surface area contributed by atoms with E-state index in [0.29, 0.717) is 0 Å². The average Bonchev–Trinajstić information content (AvgIpc) is 3.21. The van der Waals surface area contributed by atoms with Crippen molar-refractivity contribution in [2.75, 3.05) is 0 Å². The zero-order chi connectivity index (χ0) is 16.1. The normalized spacial score (nSPS) is 33.1. The summed E-state index contributed by atoms with van der Waals surface area (Å²) in [6.45, 7) is 0. The molecule has 6 nitrogen and oxygen atoms in total. The molecule has 0 radical (unpaired) electrons. The highest BCUT2D eigenvalue weighted by Gasteiger charge is 2.63. The lowest BCUT2D eigenvalue weighted by Crippen LogP contribution is -2.48. The molecule has 0 unspecified atom stereocenters. The first-order chi connectivity index (χ1) is 11.1. The number of hydrogen-bond acceptors (Lipinski definition) is 4. The molecule has 120 valence electrons. The van der Waals surface area contributed by atoms with Crippen molar-refractivity contribution in [3.63, 3.8) is 0 Å². The Morgan fingerprint density at radius 3 is 2.22 bits per heavy atom. The molecule has 3 aliphatic rings. The molecule has 4 rings (SSSR count). The van der Waals surface area contributed by atoms with E-state index in [1.807, 2.05) is 18.2 Å². The van der Waals surface area contributed by atoms with Crippen LogP contribution in [0.5, 0.6) is 0 Å². The predicted octanol–water partition coefficient (Wildman–Crippen LogP) is 0.845. The zero-order valence-corrected chi connectivity index (χ0v) is 12.4. The van der Waals surface area contributed by atoms with Gasteiger partial charge in [-0.2, -0.15) is 0 Å². The van der Waals surface area contributed by atoms with E-state index in [1.165, 1.54) is 0 Å². The molecule has 6 heteroatoms. The van der Waals surface area contributed by atoms with Crippen molar-refractivity contribution >= 4 is 17.8 Å². The largest absolute Gasteiger partial charge is 0.480 e. The Kier molecular flexibility index (Phi) is 3.23. The van der Waals surface area contributed by atoms with Crippen LogP contribution < -0.4 is 0 Å². The molecule has 5 atom stereocenters. The Bertz CT molecular complexity index is 645. The van der Waals surface area contributed by atoms with E-state index in [2.05, 4.69) is 0 Å². The summed E-state index contributed by atoms with van der Waals surface area (Å²) >= 11 is 0. The minimum atomic E-state index is -1.15. The van der Waals surface area contributed by atoms with Crippen molar-refractivity contribution in [3.8, 4) is 0 Å². The Labute approximate surface area is 133 Å². The fourth-order valence-electron chi connectivity index (χ4n) is 4.17. The summed E-state index contributed by atoms with van der Waals surface area (Å²) in [6, 6.07) is 7.91. The number of carboxylic acid groups (broad SMARTS) is 1. The van der Waals surface area contributed by atoms with Crippen LogP contribution in [0.3, 0.4) is 0 Å². The van der Waals surface area contributed by atoms with E-state index in [1.54, 1.807) is 12.1 Å². The van der Waals surface area contributed by atoms with Gasteiger partial charge in [0.2, 0.25) is 11.8 Å². The highest BCUT2D eigenvalue weighted by molar-refractivity contribution is 6.08. The van der Waals surface area contributed by atoms with Gasteiger partial charge in [0.1, 0.15) is 6.04 Å². The summed E-state index contributed by atoms with van der Waals surface area (Å²) in [4.78, 5) is 38.1. The van der Waals surface area contributed by atoms with Gasteiger partial charge in [-0.15, -0.1) is 0 Å². The smallest absolute Gasteiger partial charge is 0.327 e. The molecule has 0 aromatic heterocycles. The Balaban J connectivity index is 1.63. The van der Waals surface area contributed by atoms with Gasteiger partial charge in [0.25, 0.3) is 0 Å². The Hall–Kier alpha value is -2.21. The number of imide groups is 1. The van der Waals surface area contributed by atoms with Gasteiger partial charge in [-0.25, -0.2) is 4.79 Å². The van der Waals surface area contributed by atoms with Crippen LogP contribution in [0.25, 0.3) is 0 Å². The zero-order valence-electron chi connectivity index (χ0n) is 12.4. The number of nitrogens with zero attached hydrogens (tertiary/aromatic N) is 1. The first kappa shape index (κ1) is 14.4. The first-order valence-electron chi connectivity index (χ1n) is 7.87. The highest BCUT2D eigenvalue weighted by atomic mass is 16.5. The van der Waals surface area contributed by atoms with Crippen LogP contribution in [-0.4, -0.2) is 46.0 Å². The van der Waals surface area contributed by atoms with Gasteiger partial charge in [-0.05, 0) is 18.4 Å². The van der Waals surface area contributed by atoms with E-state index < -0.39 is 23.8 Å². The van der Waals surface area contributed by atoms with Crippen LogP contribution in [0.2, 0.25) is 0 Å². The lowest BCUT2D eigenvalue weighted by Gasteiger charge is -2.24. The third-order valence-electron chi connectivity index (χ3n) is 5.19. The second-order valence-electron chi connectivity index (χ2n) is 6.43. The molecule has 3 fully saturated rings. The molecule has 1 N–H and O–H groups in total. The van der Waals surface area contributed by atoms with Crippen molar-refractivity contribution in [1.82, 2.24) is 4.90 Å². The SMILES string of the molecule is O=C(O)[C@@H](Cc1ccccc1)N1C(=O)[C@@H]2[C@H](C1=O)[C@H]1CC[C@@H]2O1. The lowest BCUT2D eigenvalue weighted by molar-refractivity contribution is -0.156. The maximum Gasteiger partial charge on any atom is 0.327 e. The molecule has 2 amide bonds. The molecule has 1 aromatic carbocycles. The quantitative estimate of drug-likeness (QED) is 0.833. The topological polar surface area (TPSA) is 83.9 Å². The van der Waals surface area contributed by atoms with Crippen LogP contribution in [0.1, 0.15) is 18.4 Å². The van der Waals surface area contributed by atoms with E-state index >= 15 is 0 Å². The average molecular weight is 315 g/mol. The van der Waals surface area contributed by atoms with Crippen molar-refractivity contribution < 1.29 is 24.2 Å². The molecule has 3 heterocycles. The number of hydrogen-bond donors (Lipinski definition) is 1. The third kappa shape index (κ3) is 2.09. The summed E-state index contributed by atoms with van der Waals surface area (Å²) in [7, 11) is 0. The first-order valence-corrected chi connectivity index (χ1v) is 7.87. The van der Waals surface area contributed by atoms with E-state index in [4.69, 9.17) is 4.74 Å². The maximum absolute atomic E-state index is 12.7. The standard InChI is InChI=1S/C17H17NO5/c19-15-13-11-6-7-12(23-11)14(13)16(20)18(15)10(17(21)22)8-9-4-2-1-3-5-9/h1-5,10-14H,6-8H2,(H,21,22)/t10-,11-,12+,13-,14+/m1/s1. The Morgan fingerprint density at radius 2 is 1.70 bits per heavy atom. The lowest BCUT2D eigenvalue weighted by atomic mass is 9.81. The molecule has 1 aromatic rings. The minimum absolute atomic E-state index is 0.128. The summed E-state index contributed by atoms with van der Waals surface area (Å²) < 4.78 is 5.67. The minimum Gasteiger partial charge on any atom is -0.480 e. The van der Waals surface area contributed by atoms with Crippen molar-refractivity contribution in [1.29, 1.82) is 0 Å². The van der Waals surface area contributed by atoms with Gasteiger partial charge in [-0.3, -0.25) is 14.5 Å². The maximum atomic E-state index is 12.7. The summed E-state index contributed by atoms with van der Waals surface area (Å²) in [6.07, 6.45) is 1.23. The van der Waals surface area contributed by atoms with Crippen molar-refractivity contribution in [2.24, 2.45) is 11.8 Å².